The van der Waals surface area contributed by atoms with Crippen LogP contribution in [0.25, 0.3) is 32.6 Å². The topological polar surface area (TPSA) is 86.8 Å². The zero-order valence-corrected chi connectivity index (χ0v) is 21.0. The summed E-state index contributed by atoms with van der Waals surface area (Å²) in [5.74, 6) is 0.877. The summed E-state index contributed by atoms with van der Waals surface area (Å²) < 4.78 is 1.06. The third-order valence-electron chi connectivity index (χ3n) is 6.58. The normalized spacial score (nSPS) is 17.7. The smallest absolute Gasteiger partial charge is 0.247 e. The van der Waals surface area contributed by atoms with Crippen molar-refractivity contribution in [3.63, 3.8) is 0 Å². The molecule has 1 aliphatic rings. The van der Waals surface area contributed by atoms with Gasteiger partial charge in [0.25, 0.3) is 0 Å². The van der Waals surface area contributed by atoms with Crippen molar-refractivity contribution in [2.24, 2.45) is 0 Å². The van der Waals surface area contributed by atoms with Crippen LogP contribution in [0.15, 0.2) is 52.9 Å². The number of anilines is 1. The van der Waals surface area contributed by atoms with Gasteiger partial charge < -0.3 is 15.2 Å². The van der Waals surface area contributed by atoms with Crippen LogP contribution < -0.4 is 15.8 Å². The van der Waals surface area contributed by atoms with Gasteiger partial charge in [0.1, 0.15) is 0 Å². The predicted octanol–water partition coefficient (Wildman–Crippen LogP) is 4.85. The molecule has 8 heteroatoms. The maximum Gasteiger partial charge on any atom is 0.247 e. The third kappa shape index (κ3) is 4.35. The van der Waals surface area contributed by atoms with Crippen molar-refractivity contribution in [2.45, 2.75) is 57.7 Å². The number of aromatic nitrogens is 4. The van der Waals surface area contributed by atoms with Gasteiger partial charge in [-0.05, 0) is 70.4 Å². The lowest BCUT2D eigenvalue weighted by Gasteiger charge is -2.49. The number of hydrogen-bond acceptors (Lipinski definition) is 7. The number of rotatable bonds is 4. The van der Waals surface area contributed by atoms with Crippen LogP contribution in [-0.4, -0.2) is 44.3 Å². The number of H-pyrrole nitrogens is 1. The Labute approximate surface area is 203 Å². The molecule has 4 heterocycles. The van der Waals surface area contributed by atoms with Crippen LogP contribution in [0.4, 0.5) is 5.82 Å². The van der Waals surface area contributed by atoms with Crippen molar-refractivity contribution in [3.05, 3.63) is 58.5 Å². The monoisotopic (exact) mass is 474 g/mol. The molecule has 0 saturated carbocycles. The molecule has 0 atom stereocenters. The first-order valence-electron chi connectivity index (χ1n) is 11.5. The van der Waals surface area contributed by atoms with E-state index in [0.29, 0.717) is 6.04 Å². The van der Waals surface area contributed by atoms with Gasteiger partial charge in [0, 0.05) is 47.6 Å². The van der Waals surface area contributed by atoms with E-state index in [-0.39, 0.29) is 16.6 Å². The number of fused-ring (bicyclic) bond motifs is 1. The fraction of sp³-hybridized carbons (Fsp3) is 0.385. The van der Waals surface area contributed by atoms with E-state index in [1.807, 2.05) is 23.7 Å². The average Bonchev–Trinajstić information content (AvgIpc) is 3.27. The number of pyridine rings is 1. The molecule has 7 nitrogen and oxygen atoms in total. The quantitative estimate of drug-likeness (QED) is 0.440. The van der Waals surface area contributed by atoms with Gasteiger partial charge in [-0.3, -0.25) is 4.79 Å². The molecule has 2 N–H and O–H groups in total. The van der Waals surface area contributed by atoms with Crippen molar-refractivity contribution in [1.29, 1.82) is 0 Å². The van der Waals surface area contributed by atoms with E-state index in [9.17, 15) is 4.79 Å². The summed E-state index contributed by atoms with van der Waals surface area (Å²) in [4.78, 5) is 21.1. The number of aromatic amines is 1. The highest BCUT2D eigenvalue weighted by atomic mass is 32.1. The van der Waals surface area contributed by atoms with Gasteiger partial charge in [-0.15, -0.1) is 21.5 Å². The summed E-state index contributed by atoms with van der Waals surface area (Å²) in [5, 5.41) is 12.9. The molecular formula is C26H30N6OS. The fourth-order valence-electron chi connectivity index (χ4n) is 5.35. The molecule has 5 rings (SSSR count). The Kier molecular flexibility index (Phi) is 5.53. The fourth-order valence-corrected chi connectivity index (χ4v) is 6.20. The van der Waals surface area contributed by atoms with Crippen molar-refractivity contribution in [3.8, 4) is 22.4 Å². The number of thiazole rings is 1. The van der Waals surface area contributed by atoms with E-state index >= 15 is 0 Å². The average molecular weight is 475 g/mol. The molecule has 1 aliphatic heterocycles. The lowest BCUT2D eigenvalue weighted by atomic mass is 9.79. The maximum atomic E-state index is 11.5. The first-order chi connectivity index (χ1) is 16.1. The summed E-state index contributed by atoms with van der Waals surface area (Å²) in [5.41, 5.74) is 6.51. The Bertz CT molecular complexity index is 1350. The Morgan fingerprint density at radius 3 is 2.35 bits per heavy atom. The molecule has 3 aromatic heterocycles. The molecule has 0 amide bonds. The minimum Gasteiger partial charge on any atom is -0.355 e. The SMILES string of the molecule is CN(c1ccc(-c2ccc(-c3ccc(=O)[nH]c3)c3scnc23)nn1)C1CC(C)(C)NC(C)(C)C1. The molecular weight excluding hydrogens is 444 g/mol. The summed E-state index contributed by atoms with van der Waals surface area (Å²) >= 11 is 1.58. The minimum atomic E-state index is -0.113. The zero-order valence-electron chi connectivity index (χ0n) is 20.2. The van der Waals surface area contributed by atoms with Gasteiger partial charge in [0.15, 0.2) is 5.82 Å². The van der Waals surface area contributed by atoms with Gasteiger partial charge >= 0.3 is 0 Å². The van der Waals surface area contributed by atoms with Crippen molar-refractivity contribution in [1.82, 2.24) is 25.5 Å². The molecule has 4 aromatic rings. The number of nitrogens with one attached hydrogen (secondary N) is 2. The Hall–Kier alpha value is -3.10. The van der Waals surface area contributed by atoms with E-state index in [2.05, 4.69) is 77.3 Å². The van der Waals surface area contributed by atoms with Crippen LogP contribution in [0, 0.1) is 0 Å². The molecule has 1 aromatic carbocycles. The Morgan fingerprint density at radius 1 is 0.971 bits per heavy atom. The summed E-state index contributed by atoms with van der Waals surface area (Å²) in [6.07, 6.45) is 3.83. The molecule has 0 aliphatic carbocycles. The van der Waals surface area contributed by atoms with Crippen LogP contribution >= 0.6 is 11.3 Å². The van der Waals surface area contributed by atoms with E-state index in [0.717, 1.165) is 51.3 Å². The second-order valence-corrected chi connectivity index (χ2v) is 11.3. The van der Waals surface area contributed by atoms with Crippen LogP contribution in [0.2, 0.25) is 0 Å². The van der Waals surface area contributed by atoms with Crippen LogP contribution in [0.3, 0.4) is 0 Å². The van der Waals surface area contributed by atoms with Gasteiger partial charge in [-0.2, -0.15) is 0 Å². The van der Waals surface area contributed by atoms with Gasteiger partial charge in [-0.1, -0.05) is 6.07 Å². The number of piperidine rings is 1. The Balaban J connectivity index is 1.44. The zero-order chi connectivity index (χ0) is 24.1. The molecule has 176 valence electrons. The van der Waals surface area contributed by atoms with Crippen molar-refractivity contribution < 1.29 is 0 Å². The number of benzene rings is 1. The van der Waals surface area contributed by atoms with E-state index in [4.69, 9.17) is 0 Å². The summed E-state index contributed by atoms with van der Waals surface area (Å²) in [7, 11) is 2.11. The van der Waals surface area contributed by atoms with E-state index in [1.54, 1.807) is 23.6 Å². The third-order valence-corrected chi connectivity index (χ3v) is 7.44. The molecule has 1 saturated heterocycles. The molecule has 0 bridgehead atoms. The van der Waals surface area contributed by atoms with Gasteiger partial charge in [0.2, 0.25) is 5.56 Å². The molecule has 1 fully saturated rings. The molecule has 0 radical (unpaired) electrons. The molecule has 0 spiro atoms. The van der Waals surface area contributed by atoms with Crippen LogP contribution in [0.1, 0.15) is 40.5 Å². The predicted molar refractivity (Wildman–Crippen MR) is 139 cm³/mol. The largest absolute Gasteiger partial charge is 0.355 e. The van der Waals surface area contributed by atoms with Crippen molar-refractivity contribution in [2.75, 3.05) is 11.9 Å². The maximum absolute atomic E-state index is 11.5. The van der Waals surface area contributed by atoms with E-state index < -0.39 is 0 Å². The van der Waals surface area contributed by atoms with Gasteiger partial charge in [0.05, 0.1) is 21.4 Å². The highest BCUT2D eigenvalue weighted by molar-refractivity contribution is 7.17. The lowest BCUT2D eigenvalue weighted by molar-refractivity contribution is 0.160. The van der Waals surface area contributed by atoms with Crippen LogP contribution in [0.5, 0.6) is 0 Å². The standard InChI is InChI=1S/C26H30N6OS/c1-25(2)12-17(13-26(3,4)31-25)32(5)21-10-9-20(29-30-21)19-8-7-18(24-23(19)28-15-34-24)16-6-11-22(33)27-14-16/h6-11,14-15,17,31H,12-13H2,1-5H3,(H,27,33). The molecule has 34 heavy (non-hydrogen) atoms. The highest BCUT2D eigenvalue weighted by Crippen LogP contribution is 2.37. The highest BCUT2D eigenvalue weighted by Gasteiger charge is 2.39. The summed E-state index contributed by atoms with van der Waals surface area (Å²) in [6.45, 7) is 9.05. The lowest BCUT2D eigenvalue weighted by Crippen LogP contribution is -2.62. The second kappa shape index (κ2) is 8.29. The first kappa shape index (κ1) is 22.7. The van der Waals surface area contributed by atoms with Crippen LogP contribution in [-0.2, 0) is 0 Å². The van der Waals surface area contributed by atoms with Gasteiger partial charge in [-0.25, -0.2) is 4.98 Å². The number of hydrogen-bond donors (Lipinski definition) is 2. The van der Waals surface area contributed by atoms with Crippen molar-refractivity contribution >= 4 is 27.4 Å². The first-order valence-corrected chi connectivity index (χ1v) is 12.4. The number of nitrogens with zero attached hydrogens (tertiary/aromatic N) is 4. The second-order valence-electron chi connectivity index (χ2n) is 10.5. The summed E-state index contributed by atoms with van der Waals surface area (Å²) in [6, 6.07) is 11.9. The molecule has 0 unspecified atom stereocenters. The minimum absolute atomic E-state index is 0.0672. The Morgan fingerprint density at radius 2 is 1.71 bits per heavy atom. The van der Waals surface area contributed by atoms with E-state index in [1.165, 1.54) is 0 Å².